The maximum atomic E-state index is 5.30. The van der Waals surface area contributed by atoms with Gasteiger partial charge in [0.05, 0.1) is 14.2 Å². The monoisotopic (exact) mass is 235 g/mol. The number of nitrogens with one attached hydrogen (secondary N) is 1. The summed E-state index contributed by atoms with van der Waals surface area (Å²) >= 11 is 0. The van der Waals surface area contributed by atoms with Gasteiger partial charge in [-0.1, -0.05) is 12.8 Å². The highest BCUT2D eigenvalue weighted by molar-refractivity contribution is 5.39. The second kappa shape index (κ2) is 5.41. The van der Waals surface area contributed by atoms with Gasteiger partial charge in [0, 0.05) is 12.1 Å². The topological polar surface area (TPSA) is 30.5 Å². The largest absolute Gasteiger partial charge is 0.497 e. The van der Waals surface area contributed by atoms with Gasteiger partial charge < -0.3 is 14.8 Å². The van der Waals surface area contributed by atoms with Crippen LogP contribution in [0.3, 0.4) is 0 Å². The molecule has 0 bridgehead atoms. The molecule has 0 aromatic heterocycles. The summed E-state index contributed by atoms with van der Waals surface area (Å²) in [6.07, 6.45) is 3.95. The maximum absolute atomic E-state index is 5.30. The van der Waals surface area contributed by atoms with Crippen molar-refractivity contribution in [2.45, 2.75) is 25.3 Å². The van der Waals surface area contributed by atoms with E-state index in [1.807, 2.05) is 13.1 Å². The van der Waals surface area contributed by atoms with Gasteiger partial charge in [-0.3, -0.25) is 0 Å². The van der Waals surface area contributed by atoms with Crippen LogP contribution in [0, 0.1) is 5.92 Å². The molecule has 2 rings (SSSR count). The number of benzene rings is 1. The van der Waals surface area contributed by atoms with Gasteiger partial charge in [0.2, 0.25) is 0 Å². The lowest BCUT2D eigenvalue weighted by molar-refractivity contribution is 0.391. The van der Waals surface area contributed by atoms with Gasteiger partial charge in [-0.15, -0.1) is 0 Å². The molecule has 1 fully saturated rings. The van der Waals surface area contributed by atoms with Crippen molar-refractivity contribution in [2.75, 3.05) is 21.3 Å². The fourth-order valence-corrected chi connectivity index (χ4v) is 2.14. The van der Waals surface area contributed by atoms with E-state index in [1.165, 1.54) is 24.8 Å². The molecule has 0 saturated heterocycles. The first kappa shape index (κ1) is 12.2. The Labute approximate surface area is 103 Å². The lowest BCUT2D eigenvalue weighted by atomic mass is 10.0. The lowest BCUT2D eigenvalue weighted by Gasteiger charge is -2.18. The predicted molar refractivity (Wildman–Crippen MR) is 68.7 cm³/mol. The Hall–Kier alpha value is -1.22. The molecule has 1 aliphatic carbocycles. The summed E-state index contributed by atoms with van der Waals surface area (Å²) in [7, 11) is 5.39. The molecule has 0 amide bonds. The summed E-state index contributed by atoms with van der Waals surface area (Å²) in [6, 6.07) is 6.48. The lowest BCUT2D eigenvalue weighted by Crippen LogP contribution is -2.17. The molecule has 1 saturated carbocycles. The second-order valence-corrected chi connectivity index (χ2v) is 4.67. The molecule has 0 radical (unpaired) electrons. The normalized spacial score (nSPS) is 16.6. The summed E-state index contributed by atoms with van der Waals surface area (Å²) < 4.78 is 10.6. The van der Waals surface area contributed by atoms with Gasteiger partial charge in [-0.2, -0.15) is 0 Å². The number of ether oxygens (including phenoxy) is 2. The zero-order valence-corrected chi connectivity index (χ0v) is 10.8. The van der Waals surface area contributed by atoms with E-state index in [0.29, 0.717) is 6.04 Å². The van der Waals surface area contributed by atoms with Crippen molar-refractivity contribution in [3.05, 3.63) is 23.8 Å². The average Bonchev–Trinajstić information content (AvgIpc) is 3.19. The summed E-state index contributed by atoms with van der Waals surface area (Å²) in [4.78, 5) is 0. The SMILES string of the molecule is CNC(CC1CC1)c1cc(OC)cc(OC)c1. The highest BCUT2D eigenvalue weighted by Crippen LogP contribution is 2.38. The molecule has 1 unspecified atom stereocenters. The van der Waals surface area contributed by atoms with E-state index in [1.54, 1.807) is 14.2 Å². The number of hydrogen-bond acceptors (Lipinski definition) is 3. The van der Waals surface area contributed by atoms with E-state index in [9.17, 15) is 0 Å². The van der Waals surface area contributed by atoms with Gasteiger partial charge in [0.1, 0.15) is 11.5 Å². The maximum Gasteiger partial charge on any atom is 0.122 e. The molecule has 1 atom stereocenters. The van der Waals surface area contributed by atoms with Crippen LogP contribution in [0.5, 0.6) is 11.5 Å². The highest BCUT2D eigenvalue weighted by atomic mass is 16.5. The summed E-state index contributed by atoms with van der Waals surface area (Å²) in [5.41, 5.74) is 1.25. The van der Waals surface area contributed by atoms with Crippen LogP contribution in [0.4, 0.5) is 0 Å². The van der Waals surface area contributed by atoms with Gasteiger partial charge in [0.15, 0.2) is 0 Å². The third-order valence-electron chi connectivity index (χ3n) is 3.39. The fourth-order valence-electron chi connectivity index (χ4n) is 2.14. The molecule has 0 spiro atoms. The molecular weight excluding hydrogens is 214 g/mol. The van der Waals surface area contributed by atoms with Crippen molar-refractivity contribution in [3.8, 4) is 11.5 Å². The predicted octanol–water partition coefficient (Wildman–Crippen LogP) is 2.76. The average molecular weight is 235 g/mol. The van der Waals surface area contributed by atoms with Crippen LogP contribution in [0.2, 0.25) is 0 Å². The van der Waals surface area contributed by atoms with Crippen molar-refractivity contribution < 1.29 is 9.47 Å². The van der Waals surface area contributed by atoms with E-state index < -0.39 is 0 Å². The van der Waals surface area contributed by atoms with Gasteiger partial charge in [-0.25, -0.2) is 0 Å². The molecule has 1 aliphatic rings. The van der Waals surface area contributed by atoms with E-state index in [2.05, 4.69) is 17.4 Å². The Bertz CT molecular complexity index is 352. The molecule has 3 heteroatoms. The molecule has 17 heavy (non-hydrogen) atoms. The summed E-state index contributed by atoms with van der Waals surface area (Å²) in [6.45, 7) is 0. The third-order valence-corrected chi connectivity index (χ3v) is 3.39. The first-order valence-electron chi connectivity index (χ1n) is 6.17. The number of methoxy groups -OCH3 is 2. The molecule has 0 aliphatic heterocycles. The van der Waals surface area contributed by atoms with Crippen LogP contribution in [0.1, 0.15) is 30.9 Å². The minimum Gasteiger partial charge on any atom is -0.497 e. The Morgan fingerprint density at radius 1 is 1.18 bits per heavy atom. The smallest absolute Gasteiger partial charge is 0.122 e. The molecule has 1 aromatic carbocycles. The van der Waals surface area contributed by atoms with Crippen molar-refractivity contribution in [2.24, 2.45) is 5.92 Å². The Morgan fingerprint density at radius 2 is 1.76 bits per heavy atom. The van der Waals surface area contributed by atoms with E-state index in [-0.39, 0.29) is 0 Å². The van der Waals surface area contributed by atoms with Crippen LogP contribution in [0.25, 0.3) is 0 Å². The quantitative estimate of drug-likeness (QED) is 0.822. The molecule has 1 N–H and O–H groups in total. The first-order valence-corrected chi connectivity index (χ1v) is 6.17. The Morgan fingerprint density at radius 3 is 2.18 bits per heavy atom. The minimum atomic E-state index is 0.395. The van der Waals surface area contributed by atoms with E-state index in [0.717, 1.165) is 17.4 Å². The standard InChI is InChI=1S/C14H21NO2/c1-15-14(6-10-4-5-10)11-7-12(16-2)9-13(8-11)17-3/h7-10,14-15H,4-6H2,1-3H3. The van der Waals surface area contributed by atoms with Gasteiger partial charge >= 0.3 is 0 Å². The number of rotatable bonds is 6. The fraction of sp³-hybridized carbons (Fsp3) is 0.571. The number of hydrogen-bond donors (Lipinski definition) is 1. The van der Waals surface area contributed by atoms with Gasteiger partial charge in [0.25, 0.3) is 0 Å². The second-order valence-electron chi connectivity index (χ2n) is 4.67. The molecule has 94 valence electrons. The summed E-state index contributed by atoms with van der Waals surface area (Å²) in [5.74, 6) is 2.61. The zero-order valence-electron chi connectivity index (χ0n) is 10.8. The van der Waals surface area contributed by atoms with Crippen LogP contribution < -0.4 is 14.8 Å². The molecule has 1 aromatic rings. The van der Waals surface area contributed by atoms with Crippen molar-refractivity contribution in [3.63, 3.8) is 0 Å². The van der Waals surface area contributed by atoms with Gasteiger partial charge in [-0.05, 0) is 37.1 Å². The van der Waals surface area contributed by atoms with E-state index in [4.69, 9.17) is 9.47 Å². The van der Waals surface area contributed by atoms with Crippen molar-refractivity contribution >= 4 is 0 Å². The van der Waals surface area contributed by atoms with Crippen LogP contribution in [0.15, 0.2) is 18.2 Å². The highest BCUT2D eigenvalue weighted by Gasteiger charge is 2.26. The minimum absolute atomic E-state index is 0.395. The summed E-state index contributed by atoms with van der Waals surface area (Å²) in [5, 5.41) is 3.38. The van der Waals surface area contributed by atoms with Crippen LogP contribution in [-0.4, -0.2) is 21.3 Å². The van der Waals surface area contributed by atoms with E-state index >= 15 is 0 Å². The zero-order chi connectivity index (χ0) is 12.3. The molecule has 0 heterocycles. The molecule has 3 nitrogen and oxygen atoms in total. The third kappa shape index (κ3) is 3.13. The molecular formula is C14H21NO2. The Kier molecular flexibility index (Phi) is 3.89. The van der Waals surface area contributed by atoms with Crippen molar-refractivity contribution in [1.29, 1.82) is 0 Å². The van der Waals surface area contributed by atoms with Crippen LogP contribution >= 0.6 is 0 Å². The first-order chi connectivity index (χ1) is 8.26. The van der Waals surface area contributed by atoms with Crippen LogP contribution in [-0.2, 0) is 0 Å². The van der Waals surface area contributed by atoms with Crippen molar-refractivity contribution in [1.82, 2.24) is 5.32 Å². The Balaban J connectivity index is 2.20.